The van der Waals surface area contributed by atoms with Gasteiger partial charge in [0.2, 0.25) is 0 Å². The zero-order valence-electron chi connectivity index (χ0n) is 13.0. The third-order valence-electron chi connectivity index (χ3n) is 3.47. The lowest BCUT2D eigenvalue weighted by molar-refractivity contribution is 0.253. The minimum absolute atomic E-state index is 0.194. The fraction of sp³-hybridized carbons (Fsp3) is 0.647. The fourth-order valence-electron chi connectivity index (χ4n) is 2.12. The zero-order chi connectivity index (χ0) is 14.5. The van der Waals surface area contributed by atoms with E-state index in [2.05, 4.69) is 65.4 Å². The van der Waals surface area contributed by atoms with E-state index in [4.69, 9.17) is 4.74 Å². The van der Waals surface area contributed by atoms with Gasteiger partial charge in [-0.2, -0.15) is 12.6 Å². The number of rotatable bonds is 6. The molecule has 0 heterocycles. The van der Waals surface area contributed by atoms with Crippen LogP contribution in [0.3, 0.4) is 0 Å². The highest BCUT2D eigenvalue weighted by Crippen LogP contribution is 2.28. The van der Waals surface area contributed by atoms with Crippen molar-refractivity contribution >= 4 is 12.6 Å². The van der Waals surface area contributed by atoms with E-state index >= 15 is 0 Å². The number of aryl methyl sites for hydroxylation is 1. The molecule has 19 heavy (non-hydrogen) atoms. The highest BCUT2D eigenvalue weighted by atomic mass is 32.1. The standard InChI is InChI=1S/C17H28OS/c1-6-7-14(12-19)11-18-16-9-8-15(10-13(16)2)17(3,4)5/h8-10,14,19H,6-7,11-12H2,1-5H3. The summed E-state index contributed by atoms with van der Waals surface area (Å²) in [5.41, 5.74) is 2.78. The molecule has 0 spiro atoms. The van der Waals surface area contributed by atoms with E-state index in [1.807, 2.05) is 0 Å². The second-order valence-corrected chi connectivity index (χ2v) is 6.74. The highest BCUT2D eigenvalue weighted by Gasteiger charge is 2.15. The molecule has 0 aromatic heterocycles. The molecule has 108 valence electrons. The van der Waals surface area contributed by atoms with Crippen molar-refractivity contribution in [2.75, 3.05) is 12.4 Å². The summed E-state index contributed by atoms with van der Waals surface area (Å²) in [5.74, 6) is 2.46. The highest BCUT2D eigenvalue weighted by molar-refractivity contribution is 7.80. The first-order chi connectivity index (χ1) is 8.88. The summed E-state index contributed by atoms with van der Waals surface area (Å²) >= 11 is 4.40. The van der Waals surface area contributed by atoms with Crippen molar-refractivity contribution in [1.29, 1.82) is 0 Å². The number of hydrogen-bond donors (Lipinski definition) is 1. The number of thiol groups is 1. The van der Waals surface area contributed by atoms with Crippen molar-refractivity contribution in [3.8, 4) is 5.75 Å². The molecule has 1 aromatic carbocycles. The minimum atomic E-state index is 0.194. The first kappa shape index (κ1) is 16.4. The van der Waals surface area contributed by atoms with Crippen LogP contribution >= 0.6 is 12.6 Å². The van der Waals surface area contributed by atoms with E-state index in [0.29, 0.717) is 5.92 Å². The molecule has 1 nitrogen and oxygen atoms in total. The smallest absolute Gasteiger partial charge is 0.122 e. The zero-order valence-corrected chi connectivity index (χ0v) is 13.9. The van der Waals surface area contributed by atoms with Gasteiger partial charge in [-0.05, 0) is 41.7 Å². The van der Waals surface area contributed by atoms with Crippen LogP contribution in [0.5, 0.6) is 5.75 Å². The third kappa shape index (κ3) is 5.10. The van der Waals surface area contributed by atoms with E-state index in [1.54, 1.807) is 0 Å². The maximum absolute atomic E-state index is 5.96. The average Bonchev–Trinajstić information content (AvgIpc) is 2.34. The Bertz CT molecular complexity index is 393. The molecule has 0 bridgehead atoms. The van der Waals surface area contributed by atoms with E-state index in [-0.39, 0.29) is 5.41 Å². The van der Waals surface area contributed by atoms with Gasteiger partial charge in [0.15, 0.2) is 0 Å². The van der Waals surface area contributed by atoms with Crippen LogP contribution in [-0.2, 0) is 5.41 Å². The summed E-state index contributed by atoms with van der Waals surface area (Å²) in [4.78, 5) is 0. The molecule has 0 radical (unpaired) electrons. The van der Waals surface area contributed by atoms with Gasteiger partial charge in [-0.3, -0.25) is 0 Å². The van der Waals surface area contributed by atoms with Gasteiger partial charge >= 0.3 is 0 Å². The molecule has 1 unspecified atom stereocenters. The largest absolute Gasteiger partial charge is 0.493 e. The Balaban J connectivity index is 2.70. The molecule has 0 aliphatic heterocycles. The lowest BCUT2D eigenvalue weighted by atomic mass is 9.86. The predicted octanol–water partition coefficient (Wildman–Crippen LogP) is 5.02. The van der Waals surface area contributed by atoms with Crippen molar-refractivity contribution in [1.82, 2.24) is 0 Å². The topological polar surface area (TPSA) is 9.23 Å². The molecule has 0 fully saturated rings. The minimum Gasteiger partial charge on any atom is -0.493 e. The van der Waals surface area contributed by atoms with Crippen LogP contribution in [0.2, 0.25) is 0 Å². The maximum atomic E-state index is 5.96. The fourth-order valence-corrected chi connectivity index (χ4v) is 2.41. The van der Waals surface area contributed by atoms with Crippen LogP contribution in [0.25, 0.3) is 0 Å². The van der Waals surface area contributed by atoms with Crippen molar-refractivity contribution in [2.24, 2.45) is 5.92 Å². The van der Waals surface area contributed by atoms with Gasteiger partial charge in [0.25, 0.3) is 0 Å². The second kappa shape index (κ2) is 7.23. The summed E-state index contributed by atoms with van der Waals surface area (Å²) in [6.07, 6.45) is 2.37. The second-order valence-electron chi connectivity index (χ2n) is 6.38. The first-order valence-corrected chi connectivity index (χ1v) is 7.86. The number of ether oxygens (including phenoxy) is 1. The summed E-state index contributed by atoms with van der Waals surface area (Å²) in [6.45, 7) is 11.8. The van der Waals surface area contributed by atoms with Crippen molar-refractivity contribution < 1.29 is 4.74 Å². The molecule has 1 rings (SSSR count). The third-order valence-corrected chi connectivity index (χ3v) is 3.99. The Kier molecular flexibility index (Phi) is 6.25. The monoisotopic (exact) mass is 280 g/mol. The first-order valence-electron chi connectivity index (χ1n) is 7.23. The molecule has 1 aromatic rings. The molecule has 0 amide bonds. The average molecular weight is 280 g/mol. The molecule has 0 aliphatic carbocycles. The Hall–Kier alpha value is -0.630. The van der Waals surface area contributed by atoms with E-state index in [0.717, 1.165) is 18.1 Å². The van der Waals surface area contributed by atoms with E-state index < -0.39 is 0 Å². The van der Waals surface area contributed by atoms with E-state index in [9.17, 15) is 0 Å². The Morgan fingerprint density at radius 1 is 1.26 bits per heavy atom. The molecular weight excluding hydrogens is 252 g/mol. The molecule has 2 heteroatoms. The van der Waals surface area contributed by atoms with Gasteiger partial charge in [-0.25, -0.2) is 0 Å². The van der Waals surface area contributed by atoms with Gasteiger partial charge in [-0.15, -0.1) is 0 Å². The summed E-state index contributed by atoms with van der Waals surface area (Å²) < 4.78 is 5.96. The number of benzene rings is 1. The lowest BCUT2D eigenvalue weighted by Crippen LogP contribution is -2.15. The van der Waals surface area contributed by atoms with Crippen molar-refractivity contribution in [3.05, 3.63) is 29.3 Å². The quantitative estimate of drug-likeness (QED) is 0.720. The van der Waals surface area contributed by atoms with Crippen LogP contribution in [0, 0.1) is 12.8 Å². The van der Waals surface area contributed by atoms with Crippen LogP contribution in [0.1, 0.15) is 51.7 Å². The SMILES string of the molecule is CCCC(CS)COc1ccc(C(C)(C)C)cc1C. The van der Waals surface area contributed by atoms with Gasteiger partial charge < -0.3 is 4.74 Å². The summed E-state index contributed by atoms with van der Waals surface area (Å²) in [6, 6.07) is 6.53. The van der Waals surface area contributed by atoms with Crippen LogP contribution in [0.4, 0.5) is 0 Å². The number of hydrogen-bond acceptors (Lipinski definition) is 2. The summed E-state index contributed by atoms with van der Waals surface area (Å²) in [5, 5.41) is 0. The Morgan fingerprint density at radius 2 is 1.95 bits per heavy atom. The lowest BCUT2D eigenvalue weighted by Gasteiger charge is -2.21. The van der Waals surface area contributed by atoms with Crippen LogP contribution < -0.4 is 4.74 Å². The molecule has 0 saturated carbocycles. The Morgan fingerprint density at radius 3 is 2.42 bits per heavy atom. The van der Waals surface area contributed by atoms with Crippen molar-refractivity contribution in [2.45, 2.75) is 52.9 Å². The molecule has 0 saturated heterocycles. The molecule has 0 aliphatic rings. The molecule has 1 atom stereocenters. The predicted molar refractivity (Wildman–Crippen MR) is 87.6 cm³/mol. The van der Waals surface area contributed by atoms with E-state index in [1.165, 1.54) is 24.0 Å². The summed E-state index contributed by atoms with van der Waals surface area (Å²) in [7, 11) is 0. The van der Waals surface area contributed by atoms with Gasteiger partial charge in [0.1, 0.15) is 5.75 Å². The maximum Gasteiger partial charge on any atom is 0.122 e. The van der Waals surface area contributed by atoms with Gasteiger partial charge in [0, 0.05) is 5.92 Å². The van der Waals surface area contributed by atoms with Gasteiger partial charge in [-0.1, -0.05) is 46.2 Å². The van der Waals surface area contributed by atoms with Crippen LogP contribution in [-0.4, -0.2) is 12.4 Å². The molecule has 0 N–H and O–H groups in total. The molecular formula is C17H28OS. The normalized spacial score (nSPS) is 13.4. The van der Waals surface area contributed by atoms with Crippen LogP contribution in [0.15, 0.2) is 18.2 Å². The van der Waals surface area contributed by atoms with Gasteiger partial charge in [0.05, 0.1) is 6.61 Å². The Labute approximate surface area is 124 Å². The van der Waals surface area contributed by atoms with Crippen molar-refractivity contribution in [3.63, 3.8) is 0 Å².